The second-order valence-corrected chi connectivity index (χ2v) is 3.71. The highest BCUT2D eigenvalue weighted by atomic mass is 35.5. The van der Waals surface area contributed by atoms with Gasteiger partial charge in [-0.05, 0) is 18.2 Å². The Morgan fingerprint density at radius 1 is 1.29 bits per heavy atom. The number of nitrogens with zero attached hydrogens (tertiary/aromatic N) is 1. The first-order valence-corrected chi connectivity index (χ1v) is 4.90. The number of benzene rings is 1. The average Bonchev–Trinajstić information content (AvgIpc) is 2.63. The number of rotatable bonds is 1. The van der Waals surface area contributed by atoms with Gasteiger partial charge in [0.1, 0.15) is 0 Å². The molecule has 3 nitrogen and oxygen atoms in total. The Labute approximate surface area is 98.5 Å². The molecule has 2 rings (SSSR count). The third-order valence-electron chi connectivity index (χ3n) is 2.18. The topological polar surface area (TPSA) is 37.8 Å². The minimum atomic E-state index is -4.45. The zero-order valence-corrected chi connectivity index (χ0v) is 9.01. The van der Waals surface area contributed by atoms with Crippen LogP contribution in [0.1, 0.15) is 5.56 Å². The van der Waals surface area contributed by atoms with Gasteiger partial charge >= 0.3 is 11.9 Å². The number of halogens is 4. The highest BCUT2D eigenvalue weighted by Gasteiger charge is 2.31. The van der Waals surface area contributed by atoms with E-state index in [2.05, 4.69) is 4.98 Å². The minimum absolute atomic E-state index is 0.137. The van der Waals surface area contributed by atoms with Crippen LogP contribution in [-0.2, 0) is 6.18 Å². The maximum atomic E-state index is 12.4. The Hall–Kier alpha value is -1.69. The first kappa shape index (κ1) is 11.8. The van der Waals surface area contributed by atoms with Crippen molar-refractivity contribution in [3.63, 3.8) is 0 Å². The van der Waals surface area contributed by atoms with Crippen LogP contribution in [0.25, 0.3) is 5.69 Å². The van der Waals surface area contributed by atoms with Crippen molar-refractivity contribution in [1.29, 1.82) is 0 Å². The van der Waals surface area contributed by atoms with Crippen LogP contribution >= 0.6 is 11.6 Å². The van der Waals surface area contributed by atoms with Crippen molar-refractivity contribution >= 4 is 11.6 Å². The lowest BCUT2D eigenvalue weighted by Crippen LogP contribution is -2.15. The van der Waals surface area contributed by atoms with Crippen LogP contribution in [0.2, 0.25) is 5.02 Å². The molecule has 0 amide bonds. The lowest BCUT2D eigenvalue weighted by Gasteiger charge is -2.09. The van der Waals surface area contributed by atoms with E-state index in [0.717, 1.165) is 22.8 Å². The summed E-state index contributed by atoms with van der Waals surface area (Å²) in [5, 5.41) is -0.137. The second-order valence-electron chi connectivity index (χ2n) is 3.30. The van der Waals surface area contributed by atoms with Gasteiger partial charge in [-0.3, -0.25) is 4.57 Å². The van der Waals surface area contributed by atoms with Gasteiger partial charge in [0.25, 0.3) is 0 Å². The number of aromatic nitrogens is 2. The normalized spacial score (nSPS) is 11.8. The van der Waals surface area contributed by atoms with Gasteiger partial charge in [-0.2, -0.15) is 13.2 Å². The van der Waals surface area contributed by atoms with Gasteiger partial charge in [0.15, 0.2) is 0 Å². The van der Waals surface area contributed by atoms with E-state index in [0.29, 0.717) is 0 Å². The molecule has 0 saturated carbocycles. The van der Waals surface area contributed by atoms with Gasteiger partial charge in [-0.25, -0.2) is 4.79 Å². The molecule has 0 unspecified atom stereocenters. The first-order chi connectivity index (χ1) is 7.89. The molecule has 0 aliphatic rings. The van der Waals surface area contributed by atoms with Gasteiger partial charge in [0, 0.05) is 12.4 Å². The standard InChI is InChI=1S/C10H6ClF3N2O/c11-7-5-6(10(12,13)14)1-2-8(7)16-4-3-15-9(16)17/h1-5H,(H,15,17). The maximum Gasteiger partial charge on any atom is 0.416 e. The van der Waals surface area contributed by atoms with Crippen molar-refractivity contribution in [3.05, 3.63) is 51.7 Å². The first-order valence-electron chi connectivity index (χ1n) is 4.53. The molecule has 2 aromatic rings. The third kappa shape index (κ3) is 2.21. The summed E-state index contributed by atoms with van der Waals surface area (Å²) in [7, 11) is 0. The predicted molar refractivity (Wildman–Crippen MR) is 56.4 cm³/mol. The molecule has 0 spiro atoms. The molecule has 0 atom stereocenters. The van der Waals surface area contributed by atoms with Crippen LogP contribution in [-0.4, -0.2) is 9.55 Å². The van der Waals surface area contributed by atoms with E-state index in [1.165, 1.54) is 12.4 Å². The Morgan fingerprint density at radius 3 is 2.47 bits per heavy atom. The van der Waals surface area contributed by atoms with Crippen molar-refractivity contribution in [1.82, 2.24) is 9.55 Å². The van der Waals surface area contributed by atoms with Gasteiger partial charge < -0.3 is 4.98 Å². The van der Waals surface area contributed by atoms with E-state index in [1.54, 1.807) is 0 Å². The quantitative estimate of drug-likeness (QED) is 0.843. The van der Waals surface area contributed by atoms with Crippen LogP contribution in [0.5, 0.6) is 0 Å². The molecule has 0 bridgehead atoms. The fourth-order valence-electron chi connectivity index (χ4n) is 1.39. The van der Waals surface area contributed by atoms with Crippen molar-refractivity contribution in [2.75, 3.05) is 0 Å². The van der Waals surface area contributed by atoms with E-state index in [-0.39, 0.29) is 10.7 Å². The Balaban J connectivity index is 2.54. The molecule has 1 heterocycles. The van der Waals surface area contributed by atoms with E-state index >= 15 is 0 Å². The maximum absolute atomic E-state index is 12.4. The second kappa shape index (κ2) is 3.96. The third-order valence-corrected chi connectivity index (χ3v) is 2.49. The van der Waals surface area contributed by atoms with Gasteiger partial charge in [-0.1, -0.05) is 11.6 Å². The lowest BCUT2D eigenvalue weighted by atomic mass is 10.2. The summed E-state index contributed by atoms with van der Waals surface area (Å²) in [5.74, 6) is 0. The summed E-state index contributed by atoms with van der Waals surface area (Å²) in [5.41, 5.74) is -1.12. The fourth-order valence-corrected chi connectivity index (χ4v) is 1.66. The molecular formula is C10H6ClF3N2O. The van der Waals surface area contributed by atoms with Gasteiger partial charge in [0.05, 0.1) is 16.3 Å². The Bertz CT molecular complexity index is 600. The van der Waals surface area contributed by atoms with Crippen molar-refractivity contribution < 1.29 is 13.2 Å². The van der Waals surface area contributed by atoms with E-state index in [4.69, 9.17) is 11.6 Å². The van der Waals surface area contributed by atoms with Crippen LogP contribution < -0.4 is 5.69 Å². The fraction of sp³-hybridized carbons (Fsp3) is 0.100. The number of alkyl halides is 3. The summed E-state index contributed by atoms with van der Waals surface area (Å²) in [4.78, 5) is 13.6. The van der Waals surface area contributed by atoms with Gasteiger partial charge in [-0.15, -0.1) is 0 Å². The lowest BCUT2D eigenvalue weighted by molar-refractivity contribution is -0.137. The smallest absolute Gasteiger partial charge is 0.312 e. The molecule has 1 N–H and O–H groups in total. The van der Waals surface area contributed by atoms with Crippen LogP contribution in [0.15, 0.2) is 35.4 Å². The number of imidazole rings is 1. The summed E-state index contributed by atoms with van der Waals surface area (Å²) in [6.45, 7) is 0. The zero-order valence-electron chi connectivity index (χ0n) is 8.25. The molecular weight excluding hydrogens is 257 g/mol. The summed E-state index contributed by atoms with van der Waals surface area (Å²) in [6.07, 6.45) is -1.70. The molecule has 0 radical (unpaired) electrons. The van der Waals surface area contributed by atoms with E-state index in [1.807, 2.05) is 0 Å². The Kier molecular flexibility index (Phi) is 2.74. The minimum Gasteiger partial charge on any atom is -0.312 e. The largest absolute Gasteiger partial charge is 0.416 e. The predicted octanol–water partition coefficient (Wildman–Crippen LogP) is 2.84. The van der Waals surface area contributed by atoms with E-state index < -0.39 is 17.4 Å². The van der Waals surface area contributed by atoms with Crippen molar-refractivity contribution in [2.24, 2.45) is 0 Å². The molecule has 0 saturated heterocycles. The number of nitrogens with one attached hydrogen (secondary N) is 1. The summed E-state index contributed by atoms with van der Waals surface area (Å²) >= 11 is 5.73. The molecule has 0 aliphatic heterocycles. The molecule has 90 valence electrons. The molecule has 17 heavy (non-hydrogen) atoms. The molecule has 0 fully saturated rings. The van der Waals surface area contributed by atoms with Crippen LogP contribution in [0.3, 0.4) is 0 Å². The summed E-state index contributed by atoms with van der Waals surface area (Å²) < 4.78 is 38.3. The van der Waals surface area contributed by atoms with E-state index in [9.17, 15) is 18.0 Å². The Morgan fingerprint density at radius 2 is 2.00 bits per heavy atom. The number of hydrogen-bond acceptors (Lipinski definition) is 1. The number of hydrogen-bond donors (Lipinski definition) is 1. The molecule has 1 aromatic carbocycles. The highest BCUT2D eigenvalue weighted by Crippen LogP contribution is 2.32. The van der Waals surface area contributed by atoms with Crippen molar-refractivity contribution in [3.8, 4) is 5.69 Å². The average molecular weight is 263 g/mol. The SMILES string of the molecule is O=c1[nH]ccn1-c1ccc(C(F)(F)F)cc1Cl. The molecule has 1 aromatic heterocycles. The zero-order chi connectivity index (χ0) is 12.6. The summed E-state index contributed by atoms with van der Waals surface area (Å²) in [6, 6.07) is 2.82. The number of aromatic amines is 1. The van der Waals surface area contributed by atoms with Crippen LogP contribution in [0.4, 0.5) is 13.2 Å². The highest BCUT2D eigenvalue weighted by molar-refractivity contribution is 6.32. The molecule has 7 heteroatoms. The number of H-pyrrole nitrogens is 1. The monoisotopic (exact) mass is 262 g/mol. The van der Waals surface area contributed by atoms with Gasteiger partial charge in [0.2, 0.25) is 0 Å². The molecule has 0 aliphatic carbocycles. The van der Waals surface area contributed by atoms with Crippen LogP contribution in [0, 0.1) is 0 Å². The van der Waals surface area contributed by atoms with Crippen molar-refractivity contribution in [2.45, 2.75) is 6.18 Å².